The summed E-state index contributed by atoms with van der Waals surface area (Å²) in [6.45, 7) is 2.68. The van der Waals surface area contributed by atoms with Crippen molar-refractivity contribution in [3.8, 4) is 0 Å². The number of primary amides is 1. The second kappa shape index (κ2) is 5.47. The summed E-state index contributed by atoms with van der Waals surface area (Å²) < 4.78 is 0. The second-order valence-corrected chi connectivity index (χ2v) is 4.83. The zero-order valence-electron chi connectivity index (χ0n) is 9.60. The van der Waals surface area contributed by atoms with Crippen molar-refractivity contribution in [1.82, 2.24) is 9.88 Å². The normalized spacial score (nSPS) is 18.2. The van der Waals surface area contributed by atoms with Gasteiger partial charge in [-0.2, -0.15) is 0 Å². The van der Waals surface area contributed by atoms with E-state index in [1.807, 2.05) is 6.07 Å². The van der Waals surface area contributed by atoms with Crippen LogP contribution in [0.1, 0.15) is 18.4 Å². The van der Waals surface area contributed by atoms with Crippen molar-refractivity contribution in [2.24, 2.45) is 11.7 Å². The van der Waals surface area contributed by atoms with Gasteiger partial charge in [-0.15, -0.1) is 0 Å². The molecule has 1 aromatic rings. The monoisotopic (exact) mass is 253 g/mol. The summed E-state index contributed by atoms with van der Waals surface area (Å²) in [6, 6.07) is 3.78. The van der Waals surface area contributed by atoms with Gasteiger partial charge in [-0.05, 0) is 37.6 Å². The Morgan fingerprint density at radius 2 is 2.18 bits per heavy atom. The molecular weight excluding hydrogens is 238 g/mol. The number of nitrogens with two attached hydrogens (primary N) is 1. The summed E-state index contributed by atoms with van der Waals surface area (Å²) in [5, 5.41) is 0.515. The van der Waals surface area contributed by atoms with Crippen molar-refractivity contribution in [3.05, 3.63) is 29.0 Å². The highest BCUT2D eigenvalue weighted by Gasteiger charge is 2.22. The molecule has 5 heteroatoms. The number of aromatic nitrogens is 1. The minimum absolute atomic E-state index is 0.0505. The van der Waals surface area contributed by atoms with Crippen molar-refractivity contribution < 1.29 is 4.79 Å². The highest BCUT2D eigenvalue weighted by Crippen LogP contribution is 2.18. The van der Waals surface area contributed by atoms with E-state index in [0.29, 0.717) is 5.15 Å². The van der Waals surface area contributed by atoms with Crippen LogP contribution in [0.3, 0.4) is 0 Å². The molecule has 0 saturated carbocycles. The quantitative estimate of drug-likeness (QED) is 0.829. The van der Waals surface area contributed by atoms with E-state index in [1.165, 1.54) is 0 Å². The van der Waals surface area contributed by atoms with Crippen LogP contribution in [0, 0.1) is 5.92 Å². The molecule has 1 saturated heterocycles. The first-order valence-electron chi connectivity index (χ1n) is 5.77. The van der Waals surface area contributed by atoms with Gasteiger partial charge in [0.2, 0.25) is 5.91 Å². The van der Waals surface area contributed by atoms with Crippen molar-refractivity contribution in [2.45, 2.75) is 19.4 Å². The number of hydrogen-bond acceptors (Lipinski definition) is 3. The number of carbonyl (C=O) groups excluding carboxylic acids is 1. The maximum absolute atomic E-state index is 11.0. The number of carbonyl (C=O) groups is 1. The van der Waals surface area contributed by atoms with Gasteiger partial charge in [0.15, 0.2) is 0 Å². The Morgan fingerprint density at radius 3 is 2.71 bits per heavy atom. The number of hydrogen-bond donors (Lipinski definition) is 1. The molecule has 1 amide bonds. The lowest BCUT2D eigenvalue weighted by Gasteiger charge is -2.30. The average molecular weight is 254 g/mol. The molecule has 0 aliphatic carbocycles. The van der Waals surface area contributed by atoms with Crippen molar-refractivity contribution in [3.63, 3.8) is 0 Å². The van der Waals surface area contributed by atoms with Crippen molar-refractivity contribution in [2.75, 3.05) is 13.1 Å². The minimum atomic E-state index is -0.169. The number of amides is 1. The maximum Gasteiger partial charge on any atom is 0.220 e. The molecule has 0 aromatic carbocycles. The van der Waals surface area contributed by atoms with E-state index >= 15 is 0 Å². The smallest absolute Gasteiger partial charge is 0.220 e. The molecule has 0 unspecified atom stereocenters. The molecule has 2 rings (SSSR count). The van der Waals surface area contributed by atoms with Crippen LogP contribution >= 0.6 is 11.6 Å². The third kappa shape index (κ3) is 3.41. The summed E-state index contributed by atoms with van der Waals surface area (Å²) >= 11 is 5.73. The Morgan fingerprint density at radius 1 is 1.47 bits per heavy atom. The summed E-state index contributed by atoms with van der Waals surface area (Å²) in [5.74, 6) is -0.118. The van der Waals surface area contributed by atoms with Crippen molar-refractivity contribution in [1.29, 1.82) is 0 Å². The fourth-order valence-electron chi connectivity index (χ4n) is 2.13. The van der Waals surface area contributed by atoms with E-state index in [-0.39, 0.29) is 11.8 Å². The predicted octanol–water partition coefficient (Wildman–Crippen LogP) is 1.43. The van der Waals surface area contributed by atoms with Crippen LogP contribution < -0.4 is 5.73 Å². The first-order chi connectivity index (χ1) is 8.15. The van der Waals surface area contributed by atoms with Crippen molar-refractivity contribution >= 4 is 17.5 Å². The summed E-state index contributed by atoms with van der Waals surface area (Å²) in [4.78, 5) is 17.4. The maximum atomic E-state index is 11.0. The number of rotatable bonds is 3. The van der Waals surface area contributed by atoms with Gasteiger partial charge in [-0.25, -0.2) is 4.98 Å². The van der Waals surface area contributed by atoms with Crippen LogP contribution in [0.5, 0.6) is 0 Å². The molecule has 2 N–H and O–H groups in total. The standard InChI is InChI=1S/C12H16ClN3O/c13-11-2-1-9(7-15-11)8-16-5-3-10(4-6-16)12(14)17/h1-2,7,10H,3-6,8H2,(H2,14,17). The van der Waals surface area contributed by atoms with Crippen LogP contribution in [-0.4, -0.2) is 28.9 Å². The topological polar surface area (TPSA) is 59.2 Å². The van der Waals surface area contributed by atoms with E-state index in [2.05, 4.69) is 9.88 Å². The Hall–Kier alpha value is -1.13. The predicted molar refractivity (Wildman–Crippen MR) is 66.4 cm³/mol. The second-order valence-electron chi connectivity index (χ2n) is 4.44. The molecule has 17 heavy (non-hydrogen) atoms. The van der Waals surface area contributed by atoms with Crippen LogP contribution in [0.4, 0.5) is 0 Å². The van der Waals surface area contributed by atoms with Crippen LogP contribution in [0.2, 0.25) is 5.15 Å². The average Bonchev–Trinajstić information content (AvgIpc) is 2.33. The highest BCUT2D eigenvalue weighted by molar-refractivity contribution is 6.29. The molecule has 1 aliphatic heterocycles. The van der Waals surface area contributed by atoms with Gasteiger partial charge in [0.25, 0.3) is 0 Å². The summed E-state index contributed by atoms with van der Waals surface area (Å²) in [7, 11) is 0. The zero-order chi connectivity index (χ0) is 12.3. The molecule has 92 valence electrons. The lowest BCUT2D eigenvalue weighted by atomic mass is 9.96. The van der Waals surface area contributed by atoms with Gasteiger partial charge in [-0.1, -0.05) is 17.7 Å². The number of pyridine rings is 1. The van der Waals surface area contributed by atoms with Crippen LogP contribution in [-0.2, 0) is 11.3 Å². The van der Waals surface area contributed by atoms with Gasteiger partial charge in [0, 0.05) is 18.7 Å². The third-order valence-corrected chi connectivity index (χ3v) is 3.41. The molecular formula is C12H16ClN3O. The Labute approximate surface area is 106 Å². The van der Waals surface area contributed by atoms with Crippen LogP contribution in [0.25, 0.3) is 0 Å². The zero-order valence-corrected chi connectivity index (χ0v) is 10.4. The lowest BCUT2D eigenvalue weighted by molar-refractivity contribution is -0.123. The first-order valence-corrected chi connectivity index (χ1v) is 6.15. The molecule has 4 nitrogen and oxygen atoms in total. The third-order valence-electron chi connectivity index (χ3n) is 3.18. The van der Waals surface area contributed by atoms with E-state index in [4.69, 9.17) is 17.3 Å². The summed E-state index contributed by atoms with van der Waals surface area (Å²) in [5.41, 5.74) is 6.45. The molecule has 0 atom stereocenters. The fraction of sp³-hybridized carbons (Fsp3) is 0.500. The molecule has 1 aromatic heterocycles. The molecule has 0 spiro atoms. The number of piperidine rings is 1. The van der Waals surface area contributed by atoms with E-state index in [0.717, 1.165) is 38.0 Å². The number of nitrogens with zero attached hydrogens (tertiary/aromatic N) is 2. The minimum Gasteiger partial charge on any atom is -0.369 e. The molecule has 0 bridgehead atoms. The highest BCUT2D eigenvalue weighted by atomic mass is 35.5. The molecule has 2 heterocycles. The number of likely N-dealkylation sites (tertiary alicyclic amines) is 1. The number of halogens is 1. The first kappa shape index (κ1) is 12.3. The van der Waals surface area contributed by atoms with Gasteiger partial charge >= 0.3 is 0 Å². The van der Waals surface area contributed by atoms with Gasteiger partial charge in [0.1, 0.15) is 5.15 Å². The molecule has 1 fully saturated rings. The fourth-order valence-corrected chi connectivity index (χ4v) is 2.25. The largest absolute Gasteiger partial charge is 0.369 e. The van der Waals surface area contributed by atoms with Gasteiger partial charge in [-0.3, -0.25) is 9.69 Å². The Bertz CT molecular complexity index is 385. The summed E-state index contributed by atoms with van der Waals surface area (Å²) in [6.07, 6.45) is 3.51. The Kier molecular flexibility index (Phi) is 3.97. The van der Waals surface area contributed by atoms with Gasteiger partial charge in [0.05, 0.1) is 0 Å². The van der Waals surface area contributed by atoms with Crippen LogP contribution in [0.15, 0.2) is 18.3 Å². The molecule has 1 aliphatic rings. The van der Waals surface area contributed by atoms with E-state index in [1.54, 1.807) is 12.3 Å². The van der Waals surface area contributed by atoms with E-state index < -0.39 is 0 Å². The lowest BCUT2D eigenvalue weighted by Crippen LogP contribution is -2.38. The molecule has 0 radical (unpaired) electrons. The Balaban J connectivity index is 1.85. The SMILES string of the molecule is NC(=O)C1CCN(Cc2ccc(Cl)nc2)CC1. The van der Waals surface area contributed by atoms with E-state index in [9.17, 15) is 4.79 Å². The van der Waals surface area contributed by atoms with Gasteiger partial charge < -0.3 is 5.73 Å².